The van der Waals surface area contributed by atoms with Crippen molar-refractivity contribution in [1.29, 1.82) is 0 Å². The summed E-state index contributed by atoms with van der Waals surface area (Å²) in [5.41, 5.74) is 0.0686. The molecule has 2 aromatic carbocycles. The van der Waals surface area contributed by atoms with E-state index < -0.39 is 17.6 Å². The van der Waals surface area contributed by atoms with Gasteiger partial charge in [0.15, 0.2) is 0 Å². The van der Waals surface area contributed by atoms with E-state index in [4.69, 9.17) is 4.74 Å². The van der Waals surface area contributed by atoms with E-state index in [1.54, 1.807) is 30.3 Å². The SMILES string of the molecule is CCCCOc1ccc(/C=C/C(=O)Nc2cccc(C(F)(F)F)c2)cc1. The van der Waals surface area contributed by atoms with Gasteiger partial charge in [-0.1, -0.05) is 31.5 Å². The van der Waals surface area contributed by atoms with E-state index >= 15 is 0 Å². The van der Waals surface area contributed by atoms with Crippen molar-refractivity contribution in [3.63, 3.8) is 0 Å². The highest BCUT2D eigenvalue weighted by Crippen LogP contribution is 2.30. The van der Waals surface area contributed by atoms with E-state index in [1.807, 2.05) is 0 Å². The van der Waals surface area contributed by atoms with Crippen molar-refractivity contribution >= 4 is 17.7 Å². The van der Waals surface area contributed by atoms with Crippen LogP contribution < -0.4 is 10.1 Å². The molecule has 0 spiro atoms. The number of halogens is 3. The Morgan fingerprint density at radius 1 is 1.15 bits per heavy atom. The molecule has 0 aliphatic heterocycles. The predicted octanol–water partition coefficient (Wildman–Crippen LogP) is 5.54. The second-order valence-electron chi connectivity index (χ2n) is 5.67. The number of anilines is 1. The highest BCUT2D eigenvalue weighted by Gasteiger charge is 2.30. The number of hydrogen-bond donors (Lipinski definition) is 1. The third-order valence-corrected chi connectivity index (χ3v) is 3.53. The molecule has 6 heteroatoms. The van der Waals surface area contributed by atoms with Crippen LogP contribution in [0.5, 0.6) is 5.75 Å². The van der Waals surface area contributed by atoms with Crippen molar-refractivity contribution in [2.75, 3.05) is 11.9 Å². The van der Waals surface area contributed by atoms with Crippen LogP contribution in [0.4, 0.5) is 18.9 Å². The van der Waals surface area contributed by atoms with Gasteiger partial charge in [0.2, 0.25) is 5.91 Å². The van der Waals surface area contributed by atoms with Gasteiger partial charge in [-0.15, -0.1) is 0 Å². The molecule has 0 aromatic heterocycles. The molecule has 0 aliphatic rings. The van der Waals surface area contributed by atoms with Crippen LogP contribution in [0.3, 0.4) is 0 Å². The first-order valence-corrected chi connectivity index (χ1v) is 8.27. The number of unbranched alkanes of at least 4 members (excludes halogenated alkanes) is 1. The maximum absolute atomic E-state index is 12.7. The Morgan fingerprint density at radius 2 is 1.88 bits per heavy atom. The Kier molecular flexibility index (Phi) is 6.83. The lowest BCUT2D eigenvalue weighted by molar-refractivity contribution is -0.137. The first kappa shape index (κ1) is 19.6. The van der Waals surface area contributed by atoms with Crippen molar-refractivity contribution in [1.82, 2.24) is 0 Å². The zero-order valence-corrected chi connectivity index (χ0v) is 14.3. The number of alkyl halides is 3. The number of carbonyl (C=O) groups is 1. The Labute approximate surface area is 150 Å². The van der Waals surface area contributed by atoms with E-state index in [0.717, 1.165) is 36.3 Å². The molecular weight excluding hydrogens is 343 g/mol. The van der Waals surface area contributed by atoms with E-state index in [1.165, 1.54) is 18.2 Å². The Bertz CT molecular complexity index is 752. The summed E-state index contributed by atoms with van der Waals surface area (Å²) in [7, 11) is 0. The standard InChI is InChI=1S/C20H20F3NO2/c1-2-3-13-26-18-10-7-15(8-11-18)9-12-19(25)24-17-6-4-5-16(14-17)20(21,22)23/h4-12,14H,2-3,13H2,1H3,(H,24,25)/b12-9+. The molecule has 1 amide bonds. The predicted molar refractivity (Wildman–Crippen MR) is 96.0 cm³/mol. The molecule has 0 saturated heterocycles. The van der Waals surface area contributed by atoms with Gasteiger partial charge < -0.3 is 10.1 Å². The summed E-state index contributed by atoms with van der Waals surface area (Å²) in [4.78, 5) is 11.9. The zero-order valence-electron chi connectivity index (χ0n) is 14.3. The average molecular weight is 363 g/mol. The van der Waals surface area contributed by atoms with Crippen LogP contribution in [-0.2, 0) is 11.0 Å². The van der Waals surface area contributed by atoms with E-state index in [9.17, 15) is 18.0 Å². The van der Waals surface area contributed by atoms with Gasteiger partial charge in [0, 0.05) is 11.8 Å². The van der Waals surface area contributed by atoms with Crippen LogP contribution in [-0.4, -0.2) is 12.5 Å². The van der Waals surface area contributed by atoms with Crippen LogP contribution in [0, 0.1) is 0 Å². The van der Waals surface area contributed by atoms with Gasteiger partial charge in [-0.25, -0.2) is 0 Å². The van der Waals surface area contributed by atoms with Crippen LogP contribution in [0.1, 0.15) is 30.9 Å². The van der Waals surface area contributed by atoms with Gasteiger partial charge in [-0.05, 0) is 48.4 Å². The van der Waals surface area contributed by atoms with Gasteiger partial charge >= 0.3 is 6.18 Å². The molecule has 0 heterocycles. The molecule has 0 fully saturated rings. The van der Waals surface area contributed by atoms with Gasteiger partial charge in [-0.3, -0.25) is 4.79 Å². The monoisotopic (exact) mass is 363 g/mol. The smallest absolute Gasteiger partial charge is 0.416 e. The lowest BCUT2D eigenvalue weighted by Gasteiger charge is -2.08. The minimum Gasteiger partial charge on any atom is -0.494 e. The lowest BCUT2D eigenvalue weighted by Crippen LogP contribution is -2.10. The minimum absolute atomic E-state index is 0.0918. The molecule has 0 saturated carbocycles. The van der Waals surface area contributed by atoms with E-state index in [-0.39, 0.29) is 5.69 Å². The van der Waals surface area contributed by atoms with Crippen molar-refractivity contribution in [3.8, 4) is 5.75 Å². The maximum Gasteiger partial charge on any atom is 0.416 e. The third-order valence-electron chi connectivity index (χ3n) is 3.53. The van der Waals surface area contributed by atoms with Gasteiger partial charge in [-0.2, -0.15) is 13.2 Å². The Morgan fingerprint density at radius 3 is 2.54 bits per heavy atom. The molecule has 138 valence electrons. The van der Waals surface area contributed by atoms with Crippen LogP contribution in [0.15, 0.2) is 54.6 Å². The summed E-state index contributed by atoms with van der Waals surface area (Å²) in [6.45, 7) is 2.74. The molecule has 26 heavy (non-hydrogen) atoms. The maximum atomic E-state index is 12.7. The summed E-state index contributed by atoms with van der Waals surface area (Å²) >= 11 is 0. The van der Waals surface area contributed by atoms with E-state index in [0.29, 0.717) is 6.61 Å². The fraction of sp³-hybridized carbons (Fsp3) is 0.250. The Hall–Kier alpha value is -2.76. The average Bonchev–Trinajstić information content (AvgIpc) is 2.61. The first-order valence-electron chi connectivity index (χ1n) is 8.27. The van der Waals surface area contributed by atoms with Crippen molar-refractivity contribution in [2.45, 2.75) is 25.9 Å². The fourth-order valence-corrected chi connectivity index (χ4v) is 2.14. The molecule has 2 rings (SSSR count). The number of hydrogen-bond acceptors (Lipinski definition) is 2. The molecular formula is C20H20F3NO2. The minimum atomic E-state index is -4.45. The molecule has 0 unspecified atom stereocenters. The van der Waals surface area contributed by atoms with Crippen molar-refractivity contribution in [3.05, 3.63) is 65.7 Å². The van der Waals surface area contributed by atoms with Crippen molar-refractivity contribution in [2.24, 2.45) is 0 Å². The highest BCUT2D eigenvalue weighted by molar-refractivity contribution is 6.01. The summed E-state index contributed by atoms with van der Waals surface area (Å²) in [6.07, 6.45) is 0.447. The normalized spacial score (nSPS) is 11.5. The highest BCUT2D eigenvalue weighted by atomic mass is 19.4. The molecule has 0 bridgehead atoms. The second kappa shape index (κ2) is 9.08. The largest absolute Gasteiger partial charge is 0.494 e. The van der Waals surface area contributed by atoms with Gasteiger partial charge in [0.05, 0.1) is 12.2 Å². The summed E-state index contributed by atoms with van der Waals surface area (Å²) in [6, 6.07) is 11.7. The number of benzene rings is 2. The number of amides is 1. The lowest BCUT2D eigenvalue weighted by atomic mass is 10.2. The molecule has 0 radical (unpaired) electrons. The first-order chi connectivity index (χ1) is 12.4. The molecule has 1 N–H and O–H groups in total. The van der Waals surface area contributed by atoms with Crippen LogP contribution in [0.2, 0.25) is 0 Å². The zero-order chi connectivity index (χ0) is 19.0. The third kappa shape index (κ3) is 6.27. The van der Waals surface area contributed by atoms with Gasteiger partial charge in [0.1, 0.15) is 5.75 Å². The molecule has 0 aliphatic carbocycles. The molecule has 3 nitrogen and oxygen atoms in total. The van der Waals surface area contributed by atoms with Crippen LogP contribution >= 0.6 is 0 Å². The second-order valence-corrected chi connectivity index (χ2v) is 5.67. The number of carbonyl (C=O) groups excluding carboxylic acids is 1. The van der Waals surface area contributed by atoms with Crippen molar-refractivity contribution < 1.29 is 22.7 Å². The van der Waals surface area contributed by atoms with E-state index in [2.05, 4.69) is 12.2 Å². The number of nitrogens with one attached hydrogen (secondary N) is 1. The quantitative estimate of drug-likeness (QED) is 0.518. The van der Waals surface area contributed by atoms with Gasteiger partial charge in [0.25, 0.3) is 0 Å². The Balaban J connectivity index is 1.93. The topological polar surface area (TPSA) is 38.3 Å². The molecule has 2 aromatic rings. The number of rotatable bonds is 7. The fourth-order valence-electron chi connectivity index (χ4n) is 2.14. The summed E-state index contributed by atoms with van der Waals surface area (Å²) in [5.74, 6) is 0.247. The molecule has 0 atom stereocenters. The number of ether oxygens (including phenoxy) is 1. The van der Waals surface area contributed by atoms with Crippen LogP contribution in [0.25, 0.3) is 6.08 Å². The summed E-state index contributed by atoms with van der Waals surface area (Å²) in [5, 5.41) is 2.42. The summed E-state index contributed by atoms with van der Waals surface area (Å²) < 4.78 is 43.6.